The Hall–Kier alpha value is -1.33. The number of benzene rings is 1. The van der Waals surface area contributed by atoms with Crippen LogP contribution in [0.1, 0.15) is 30.1 Å². The molecular weight excluding hydrogens is 229 g/mol. The van der Waals surface area contributed by atoms with Crippen molar-refractivity contribution in [3.05, 3.63) is 29.8 Å². The minimum absolute atomic E-state index is 0.0237. The molecule has 1 fully saturated rings. The lowest BCUT2D eigenvalue weighted by Gasteiger charge is -2.30. The molecule has 0 bridgehead atoms. The standard InChI is InChI=1S/C13H18BNO3/c1-10-5-7-15(8-6-10)13(16)11-3-2-4-12(9-11)14(17)18/h2-4,9-10,17-18H,5-8H2,1H3. The molecule has 1 aromatic carbocycles. The summed E-state index contributed by atoms with van der Waals surface area (Å²) in [6, 6.07) is 6.53. The topological polar surface area (TPSA) is 60.8 Å². The summed E-state index contributed by atoms with van der Waals surface area (Å²) in [7, 11) is -1.53. The van der Waals surface area contributed by atoms with Gasteiger partial charge in [0.15, 0.2) is 0 Å². The first-order chi connectivity index (χ1) is 8.58. The second-order valence-corrected chi connectivity index (χ2v) is 4.97. The second kappa shape index (κ2) is 5.54. The van der Waals surface area contributed by atoms with Gasteiger partial charge >= 0.3 is 7.12 Å². The van der Waals surface area contributed by atoms with Crippen molar-refractivity contribution < 1.29 is 14.8 Å². The maximum Gasteiger partial charge on any atom is 0.488 e. The molecule has 1 saturated heterocycles. The Morgan fingerprint density at radius 2 is 2.00 bits per heavy atom. The number of hydrogen-bond acceptors (Lipinski definition) is 3. The average Bonchev–Trinajstić information content (AvgIpc) is 2.39. The third-order valence-electron chi connectivity index (χ3n) is 3.50. The Morgan fingerprint density at radius 3 is 2.61 bits per heavy atom. The highest BCUT2D eigenvalue weighted by atomic mass is 16.4. The van der Waals surface area contributed by atoms with Gasteiger partial charge in [-0.25, -0.2) is 0 Å². The molecule has 0 spiro atoms. The van der Waals surface area contributed by atoms with E-state index in [4.69, 9.17) is 10.0 Å². The minimum atomic E-state index is -1.53. The van der Waals surface area contributed by atoms with Gasteiger partial charge in [-0.1, -0.05) is 19.1 Å². The van der Waals surface area contributed by atoms with E-state index < -0.39 is 7.12 Å². The molecule has 0 aliphatic carbocycles. The van der Waals surface area contributed by atoms with Gasteiger partial charge in [-0.05, 0) is 36.4 Å². The van der Waals surface area contributed by atoms with Crippen LogP contribution in [0.15, 0.2) is 24.3 Å². The van der Waals surface area contributed by atoms with Gasteiger partial charge in [0.05, 0.1) is 0 Å². The zero-order valence-corrected chi connectivity index (χ0v) is 10.5. The molecule has 0 aromatic heterocycles. The Labute approximate surface area is 107 Å². The predicted octanol–water partition coefficient (Wildman–Crippen LogP) is 0.238. The molecular formula is C13H18BNO3. The number of rotatable bonds is 2. The van der Waals surface area contributed by atoms with E-state index in [0.717, 1.165) is 25.9 Å². The molecule has 96 valence electrons. The van der Waals surface area contributed by atoms with Crippen LogP contribution in [0, 0.1) is 5.92 Å². The van der Waals surface area contributed by atoms with E-state index in [1.165, 1.54) is 0 Å². The van der Waals surface area contributed by atoms with Crippen molar-refractivity contribution in [1.82, 2.24) is 4.90 Å². The molecule has 1 aliphatic rings. The van der Waals surface area contributed by atoms with E-state index in [1.807, 2.05) is 4.90 Å². The van der Waals surface area contributed by atoms with Crippen LogP contribution < -0.4 is 5.46 Å². The Balaban J connectivity index is 2.11. The number of amides is 1. The molecule has 0 atom stereocenters. The van der Waals surface area contributed by atoms with Crippen LogP contribution in [0.25, 0.3) is 0 Å². The lowest BCUT2D eigenvalue weighted by molar-refractivity contribution is 0.0697. The average molecular weight is 247 g/mol. The largest absolute Gasteiger partial charge is 0.488 e. The third-order valence-corrected chi connectivity index (χ3v) is 3.50. The van der Waals surface area contributed by atoms with E-state index >= 15 is 0 Å². The summed E-state index contributed by atoms with van der Waals surface area (Å²) in [5.74, 6) is 0.657. The van der Waals surface area contributed by atoms with Crippen LogP contribution in [0.4, 0.5) is 0 Å². The molecule has 18 heavy (non-hydrogen) atoms. The highest BCUT2D eigenvalue weighted by Crippen LogP contribution is 2.17. The van der Waals surface area contributed by atoms with Gasteiger partial charge < -0.3 is 14.9 Å². The Kier molecular flexibility index (Phi) is 4.04. The smallest absolute Gasteiger partial charge is 0.423 e. The molecule has 1 heterocycles. The third kappa shape index (κ3) is 2.92. The SMILES string of the molecule is CC1CCN(C(=O)c2cccc(B(O)O)c2)CC1. The molecule has 2 N–H and O–H groups in total. The minimum Gasteiger partial charge on any atom is -0.423 e. The molecule has 1 amide bonds. The molecule has 4 nitrogen and oxygen atoms in total. The fourth-order valence-electron chi connectivity index (χ4n) is 2.23. The number of carbonyl (C=O) groups excluding carboxylic acids is 1. The fraction of sp³-hybridized carbons (Fsp3) is 0.462. The fourth-order valence-corrected chi connectivity index (χ4v) is 2.23. The summed E-state index contributed by atoms with van der Waals surface area (Å²) in [5, 5.41) is 18.2. The van der Waals surface area contributed by atoms with Crippen LogP contribution in [-0.4, -0.2) is 41.1 Å². The van der Waals surface area contributed by atoms with Crippen molar-refractivity contribution in [1.29, 1.82) is 0 Å². The summed E-state index contributed by atoms with van der Waals surface area (Å²) >= 11 is 0. The van der Waals surface area contributed by atoms with Gasteiger partial charge in [0.1, 0.15) is 0 Å². The first-order valence-corrected chi connectivity index (χ1v) is 6.33. The van der Waals surface area contributed by atoms with E-state index in [-0.39, 0.29) is 5.91 Å². The van der Waals surface area contributed by atoms with Crippen molar-refractivity contribution in [2.45, 2.75) is 19.8 Å². The number of likely N-dealkylation sites (tertiary alicyclic amines) is 1. The molecule has 0 radical (unpaired) electrons. The first-order valence-electron chi connectivity index (χ1n) is 6.33. The first kappa shape index (κ1) is 13.1. The van der Waals surface area contributed by atoms with Gasteiger partial charge in [-0.3, -0.25) is 4.79 Å². The lowest BCUT2D eigenvalue weighted by atomic mass is 9.79. The van der Waals surface area contributed by atoms with Crippen molar-refractivity contribution in [3.8, 4) is 0 Å². The number of hydrogen-bond donors (Lipinski definition) is 2. The van der Waals surface area contributed by atoms with Crippen LogP contribution in [0.5, 0.6) is 0 Å². The van der Waals surface area contributed by atoms with E-state index in [1.54, 1.807) is 24.3 Å². The highest BCUT2D eigenvalue weighted by molar-refractivity contribution is 6.58. The van der Waals surface area contributed by atoms with Gasteiger partial charge in [-0.2, -0.15) is 0 Å². The van der Waals surface area contributed by atoms with Crippen molar-refractivity contribution in [2.24, 2.45) is 5.92 Å². The summed E-state index contributed by atoms with van der Waals surface area (Å²) in [4.78, 5) is 14.1. The number of carbonyl (C=O) groups is 1. The van der Waals surface area contributed by atoms with Crippen molar-refractivity contribution in [2.75, 3.05) is 13.1 Å². The van der Waals surface area contributed by atoms with E-state index in [9.17, 15) is 4.79 Å². The predicted molar refractivity (Wildman–Crippen MR) is 70.6 cm³/mol. The summed E-state index contributed by atoms with van der Waals surface area (Å²) in [5.41, 5.74) is 0.876. The number of nitrogens with zero attached hydrogens (tertiary/aromatic N) is 1. The summed E-state index contributed by atoms with van der Waals surface area (Å²) in [6.45, 7) is 3.77. The second-order valence-electron chi connectivity index (χ2n) is 4.97. The van der Waals surface area contributed by atoms with Gasteiger partial charge in [0.2, 0.25) is 0 Å². The highest BCUT2D eigenvalue weighted by Gasteiger charge is 2.22. The van der Waals surface area contributed by atoms with Gasteiger partial charge in [0.25, 0.3) is 5.91 Å². The molecule has 1 aliphatic heterocycles. The van der Waals surface area contributed by atoms with Crippen LogP contribution >= 0.6 is 0 Å². The molecule has 2 rings (SSSR count). The normalized spacial score (nSPS) is 16.7. The molecule has 5 heteroatoms. The van der Waals surface area contributed by atoms with Crippen LogP contribution in [0.2, 0.25) is 0 Å². The lowest BCUT2D eigenvalue weighted by Crippen LogP contribution is -2.38. The quantitative estimate of drug-likeness (QED) is 0.736. The molecule has 1 aromatic rings. The van der Waals surface area contributed by atoms with Crippen molar-refractivity contribution in [3.63, 3.8) is 0 Å². The zero-order valence-electron chi connectivity index (χ0n) is 10.5. The Morgan fingerprint density at radius 1 is 1.33 bits per heavy atom. The maximum atomic E-state index is 12.2. The number of piperidine rings is 1. The monoisotopic (exact) mass is 247 g/mol. The van der Waals surface area contributed by atoms with E-state index in [2.05, 4.69) is 6.92 Å². The van der Waals surface area contributed by atoms with Crippen LogP contribution in [-0.2, 0) is 0 Å². The van der Waals surface area contributed by atoms with E-state index in [0.29, 0.717) is 16.9 Å². The molecule has 0 saturated carbocycles. The zero-order chi connectivity index (χ0) is 13.1. The van der Waals surface area contributed by atoms with Crippen LogP contribution in [0.3, 0.4) is 0 Å². The van der Waals surface area contributed by atoms with Crippen molar-refractivity contribution >= 4 is 18.5 Å². The van der Waals surface area contributed by atoms with Gasteiger partial charge in [-0.15, -0.1) is 0 Å². The summed E-state index contributed by atoms with van der Waals surface area (Å²) < 4.78 is 0. The maximum absolute atomic E-state index is 12.2. The van der Waals surface area contributed by atoms with Gasteiger partial charge in [0, 0.05) is 18.7 Å². The summed E-state index contributed by atoms with van der Waals surface area (Å²) in [6.07, 6.45) is 2.07. The molecule has 0 unspecified atom stereocenters. The Bertz CT molecular complexity index is 428.